The molecule has 2 fully saturated rings. The van der Waals surface area contributed by atoms with Gasteiger partial charge in [0.2, 0.25) is 0 Å². The molecule has 1 saturated carbocycles. The van der Waals surface area contributed by atoms with Gasteiger partial charge in [-0.15, -0.1) is 0 Å². The molecule has 28 heavy (non-hydrogen) atoms. The fourth-order valence-corrected chi connectivity index (χ4v) is 5.53. The van der Waals surface area contributed by atoms with Gasteiger partial charge in [-0.05, 0) is 76.4 Å². The van der Waals surface area contributed by atoms with E-state index in [9.17, 15) is 4.79 Å². The van der Waals surface area contributed by atoms with Crippen molar-refractivity contribution in [2.45, 2.75) is 89.4 Å². The van der Waals surface area contributed by atoms with Crippen LogP contribution in [0.15, 0.2) is 11.0 Å². The highest BCUT2D eigenvalue weighted by Gasteiger charge is 2.27. The summed E-state index contributed by atoms with van der Waals surface area (Å²) in [5.74, 6) is 0. The molecule has 0 aromatic carbocycles. The van der Waals surface area contributed by atoms with Crippen LogP contribution in [0.1, 0.15) is 75.1 Å². The number of hydrogen-bond acceptors (Lipinski definition) is 4. The minimum Gasteiger partial charge on any atom is -0.314 e. The molecule has 6 heteroatoms. The van der Waals surface area contributed by atoms with Gasteiger partial charge in [0.05, 0.1) is 12.4 Å². The first-order chi connectivity index (χ1) is 13.8. The van der Waals surface area contributed by atoms with Gasteiger partial charge in [0.1, 0.15) is 5.65 Å². The quantitative estimate of drug-likeness (QED) is 0.753. The molecule has 1 aliphatic heterocycles. The molecule has 1 atom stereocenters. The topological polar surface area (TPSA) is 63.9 Å². The molecule has 5 rings (SSSR count). The average molecular weight is 384 g/mol. The van der Waals surface area contributed by atoms with Crippen molar-refractivity contribution in [2.24, 2.45) is 0 Å². The molecule has 0 amide bonds. The molecule has 0 bridgehead atoms. The fourth-order valence-electron chi connectivity index (χ4n) is 5.53. The van der Waals surface area contributed by atoms with Crippen molar-refractivity contribution in [1.29, 1.82) is 0 Å². The van der Waals surface area contributed by atoms with Gasteiger partial charge in [-0.3, -0.25) is 14.7 Å². The van der Waals surface area contributed by atoms with Gasteiger partial charge in [0.25, 0.3) is 5.56 Å². The summed E-state index contributed by atoms with van der Waals surface area (Å²) in [6.45, 7) is 2.90. The Morgan fingerprint density at radius 3 is 2.68 bits per heavy atom. The standard InChI is InChI=1S/C22H33N5O/c28-22-18-10-4-3-9-17(18)19-15-25-26(14-6-13-23-16-7-1-2-8-16)21(19)27(22)20-11-5-12-24-20/h15-16,20,23-24H,1-14H2/t20-/m1/s1. The predicted molar refractivity (Wildman–Crippen MR) is 112 cm³/mol. The molecule has 2 aromatic rings. The van der Waals surface area contributed by atoms with Crippen LogP contribution in [0.25, 0.3) is 11.0 Å². The second-order valence-electron chi connectivity index (χ2n) is 8.85. The Balaban J connectivity index is 1.46. The maximum Gasteiger partial charge on any atom is 0.256 e. The number of aromatic nitrogens is 3. The van der Waals surface area contributed by atoms with E-state index in [4.69, 9.17) is 5.10 Å². The van der Waals surface area contributed by atoms with Crippen LogP contribution in [0, 0.1) is 0 Å². The van der Waals surface area contributed by atoms with Crippen molar-refractivity contribution in [2.75, 3.05) is 13.1 Å². The molecule has 1 saturated heterocycles. The lowest BCUT2D eigenvalue weighted by Gasteiger charge is -2.23. The Morgan fingerprint density at radius 2 is 1.89 bits per heavy atom. The van der Waals surface area contributed by atoms with Crippen LogP contribution in [0.5, 0.6) is 0 Å². The van der Waals surface area contributed by atoms with E-state index in [1.165, 1.54) is 43.1 Å². The van der Waals surface area contributed by atoms with E-state index < -0.39 is 0 Å². The van der Waals surface area contributed by atoms with E-state index in [2.05, 4.69) is 15.3 Å². The maximum absolute atomic E-state index is 13.4. The van der Waals surface area contributed by atoms with Crippen LogP contribution >= 0.6 is 0 Å². The number of hydrogen-bond donors (Lipinski definition) is 2. The van der Waals surface area contributed by atoms with E-state index in [1.54, 1.807) is 0 Å². The first kappa shape index (κ1) is 18.4. The highest BCUT2D eigenvalue weighted by molar-refractivity contribution is 5.81. The van der Waals surface area contributed by atoms with E-state index in [-0.39, 0.29) is 11.7 Å². The smallest absolute Gasteiger partial charge is 0.256 e. The largest absolute Gasteiger partial charge is 0.314 e. The predicted octanol–water partition coefficient (Wildman–Crippen LogP) is 2.88. The Bertz CT molecular complexity index is 886. The van der Waals surface area contributed by atoms with Crippen LogP contribution in [-0.2, 0) is 19.4 Å². The molecule has 152 valence electrons. The molecule has 0 radical (unpaired) electrons. The van der Waals surface area contributed by atoms with Gasteiger partial charge >= 0.3 is 0 Å². The highest BCUT2D eigenvalue weighted by Crippen LogP contribution is 2.29. The normalized spacial score (nSPS) is 22.9. The number of fused-ring (bicyclic) bond motifs is 3. The molecule has 2 aliphatic carbocycles. The van der Waals surface area contributed by atoms with Crippen molar-refractivity contribution in [1.82, 2.24) is 25.0 Å². The van der Waals surface area contributed by atoms with E-state index in [0.717, 1.165) is 69.4 Å². The van der Waals surface area contributed by atoms with E-state index >= 15 is 0 Å². The fraction of sp³-hybridized carbons (Fsp3) is 0.727. The first-order valence-electron chi connectivity index (χ1n) is 11.4. The number of pyridine rings is 1. The van der Waals surface area contributed by atoms with Crippen molar-refractivity contribution < 1.29 is 0 Å². The molecule has 3 aliphatic rings. The lowest BCUT2D eigenvalue weighted by Crippen LogP contribution is -2.35. The Hall–Kier alpha value is -1.66. The van der Waals surface area contributed by atoms with Crippen LogP contribution in [0.2, 0.25) is 0 Å². The summed E-state index contributed by atoms with van der Waals surface area (Å²) in [7, 11) is 0. The summed E-state index contributed by atoms with van der Waals surface area (Å²) in [5, 5.41) is 13.2. The molecule has 2 aromatic heterocycles. The van der Waals surface area contributed by atoms with Crippen molar-refractivity contribution in [3.63, 3.8) is 0 Å². The van der Waals surface area contributed by atoms with Crippen LogP contribution in [0.3, 0.4) is 0 Å². The summed E-state index contributed by atoms with van der Waals surface area (Å²) < 4.78 is 4.14. The first-order valence-corrected chi connectivity index (χ1v) is 11.4. The molecule has 2 N–H and O–H groups in total. The van der Waals surface area contributed by atoms with Crippen molar-refractivity contribution in [3.05, 3.63) is 27.7 Å². The van der Waals surface area contributed by atoms with Crippen molar-refractivity contribution >= 4 is 11.0 Å². The summed E-state index contributed by atoms with van der Waals surface area (Å²) in [6, 6.07) is 0.710. The van der Waals surface area contributed by atoms with Gasteiger partial charge in [0.15, 0.2) is 0 Å². The SMILES string of the molecule is O=c1c2c(c3cnn(CCCNC4CCCC4)c3n1[C@@H]1CCCN1)CCCC2. The van der Waals surface area contributed by atoms with Gasteiger partial charge in [-0.2, -0.15) is 5.10 Å². The average Bonchev–Trinajstić information content (AvgIpc) is 3.48. The Kier molecular flexibility index (Phi) is 5.24. The maximum atomic E-state index is 13.4. The van der Waals surface area contributed by atoms with Crippen LogP contribution < -0.4 is 16.2 Å². The minimum absolute atomic E-state index is 0.120. The van der Waals surface area contributed by atoms with Crippen molar-refractivity contribution in [3.8, 4) is 0 Å². The second kappa shape index (κ2) is 7.99. The Labute approximate surface area is 166 Å². The highest BCUT2D eigenvalue weighted by atomic mass is 16.1. The lowest BCUT2D eigenvalue weighted by atomic mass is 9.91. The number of aryl methyl sites for hydroxylation is 2. The third kappa shape index (κ3) is 3.30. The summed E-state index contributed by atoms with van der Waals surface area (Å²) in [5.41, 5.74) is 3.60. The molecule has 0 unspecified atom stereocenters. The third-order valence-corrected chi connectivity index (χ3v) is 6.99. The molecule has 0 spiro atoms. The lowest BCUT2D eigenvalue weighted by molar-refractivity contribution is 0.445. The zero-order valence-electron chi connectivity index (χ0n) is 16.9. The van der Waals surface area contributed by atoms with Gasteiger partial charge in [-0.25, -0.2) is 4.68 Å². The van der Waals surface area contributed by atoms with E-state index in [1.807, 2.05) is 10.8 Å². The zero-order chi connectivity index (χ0) is 18.9. The minimum atomic E-state index is 0.120. The van der Waals surface area contributed by atoms with Gasteiger partial charge < -0.3 is 5.32 Å². The second-order valence-corrected chi connectivity index (χ2v) is 8.85. The van der Waals surface area contributed by atoms with E-state index in [0.29, 0.717) is 6.04 Å². The monoisotopic (exact) mass is 383 g/mol. The molecular weight excluding hydrogens is 350 g/mol. The Morgan fingerprint density at radius 1 is 1.07 bits per heavy atom. The third-order valence-electron chi connectivity index (χ3n) is 6.99. The molecular formula is C22H33N5O. The number of nitrogens with one attached hydrogen (secondary N) is 2. The van der Waals surface area contributed by atoms with Crippen LogP contribution in [0.4, 0.5) is 0 Å². The number of rotatable bonds is 6. The summed E-state index contributed by atoms with van der Waals surface area (Å²) in [6.07, 6.45) is 15.0. The summed E-state index contributed by atoms with van der Waals surface area (Å²) in [4.78, 5) is 13.4. The van der Waals surface area contributed by atoms with Gasteiger partial charge in [-0.1, -0.05) is 12.8 Å². The van der Waals surface area contributed by atoms with Crippen LogP contribution in [-0.4, -0.2) is 33.5 Å². The molecule has 3 heterocycles. The summed E-state index contributed by atoms with van der Waals surface area (Å²) >= 11 is 0. The van der Waals surface area contributed by atoms with Gasteiger partial charge in [0, 0.05) is 23.5 Å². The number of nitrogens with zero attached hydrogens (tertiary/aromatic N) is 3. The zero-order valence-corrected chi connectivity index (χ0v) is 16.9. The molecule has 6 nitrogen and oxygen atoms in total.